The Morgan fingerprint density at radius 1 is 1.13 bits per heavy atom. The predicted molar refractivity (Wildman–Crippen MR) is 81.5 cm³/mol. The maximum Gasteiger partial charge on any atom is 0.308 e. The van der Waals surface area contributed by atoms with Crippen LogP contribution in [0.1, 0.15) is 22.8 Å². The molecule has 1 aliphatic heterocycles. The van der Waals surface area contributed by atoms with Crippen molar-refractivity contribution >= 4 is 11.9 Å². The largest absolute Gasteiger partial charge is 0.454 e. The lowest BCUT2D eigenvalue weighted by molar-refractivity contribution is -0.131. The lowest BCUT2D eigenvalue weighted by Gasteiger charge is -2.10. The zero-order chi connectivity index (χ0) is 16.2. The summed E-state index contributed by atoms with van der Waals surface area (Å²) in [5.41, 5.74) is 1.19. The molecule has 2 aromatic carbocycles. The van der Waals surface area contributed by atoms with Crippen molar-refractivity contribution in [3.8, 4) is 17.2 Å². The quantitative estimate of drug-likeness (QED) is 0.692. The number of carbonyl (C=O) groups is 2. The van der Waals surface area contributed by atoms with Gasteiger partial charge in [-0.2, -0.15) is 0 Å². The van der Waals surface area contributed by atoms with Gasteiger partial charge in [0.05, 0.1) is 5.56 Å². The van der Waals surface area contributed by atoms with E-state index in [-0.39, 0.29) is 18.4 Å². The van der Waals surface area contributed by atoms with Crippen LogP contribution in [0.5, 0.6) is 17.2 Å². The smallest absolute Gasteiger partial charge is 0.308 e. The second-order valence-corrected chi connectivity index (χ2v) is 4.96. The Morgan fingerprint density at radius 3 is 2.74 bits per heavy atom. The molecular formula is C17H15NO5. The Bertz CT molecular complexity index is 756. The third-order valence-corrected chi connectivity index (χ3v) is 3.28. The second kappa shape index (κ2) is 6.39. The fourth-order valence-corrected chi connectivity index (χ4v) is 2.23. The van der Waals surface area contributed by atoms with Gasteiger partial charge in [-0.05, 0) is 29.8 Å². The lowest BCUT2D eigenvalue weighted by Crippen LogP contribution is -2.23. The van der Waals surface area contributed by atoms with E-state index in [0.717, 1.165) is 5.56 Å². The molecule has 0 atom stereocenters. The number of hydrogen-bond acceptors (Lipinski definition) is 5. The Morgan fingerprint density at radius 2 is 1.91 bits per heavy atom. The molecule has 0 saturated heterocycles. The first-order chi connectivity index (χ1) is 11.1. The van der Waals surface area contributed by atoms with Gasteiger partial charge in [0, 0.05) is 13.5 Å². The summed E-state index contributed by atoms with van der Waals surface area (Å²) in [7, 11) is 0. The molecule has 0 unspecified atom stereocenters. The van der Waals surface area contributed by atoms with Crippen molar-refractivity contribution in [3.05, 3.63) is 53.6 Å². The van der Waals surface area contributed by atoms with Crippen molar-refractivity contribution in [2.24, 2.45) is 0 Å². The van der Waals surface area contributed by atoms with Gasteiger partial charge in [-0.3, -0.25) is 9.59 Å². The molecule has 0 aliphatic carbocycles. The number of amides is 1. The van der Waals surface area contributed by atoms with Crippen LogP contribution in [-0.2, 0) is 11.3 Å². The van der Waals surface area contributed by atoms with E-state index in [1.54, 1.807) is 30.3 Å². The molecule has 2 aromatic rings. The minimum atomic E-state index is -0.471. The Labute approximate surface area is 133 Å². The van der Waals surface area contributed by atoms with Crippen LogP contribution in [0.3, 0.4) is 0 Å². The minimum absolute atomic E-state index is 0.209. The highest BCUT2D eigenvalue weighted by Crippen LogP contribution is 2.32. The van der Waals surface area contributed by atoms with E-state index in [1.807, 2.05) is 12.1 Å². The van der Waals surface area contributed by atoms with Gasteiger partial charge in [-0.1, -0.05) is 18.2 Å². The highest BCUT2D eigenvalue weighted by molar-refractivity contribution is 5.97. The van der Waals surface area contributed by atoms with Crippen LogP contribution < -0.4 is 19.5 Å². The Balaban J connectivity index is 1.69. The third-order valence-electron chi connectivity index (χ3n) is 3.28. The molecule has 0 aromatic heterocycles. The molecule has 0 fully saturated rings. The average Bonchev–Trinajstić information content (AvgIpc) is 3.00. The summed E-state index contributed by atoms with van der Waals surface area (Å²) in [6.07, 6.45) is 0. The van der Waals surface area contributed by atoms with Gasteiger partial charge in [-0.25, -0.2) is 0 Å². The number of nitrogens with one attached hydrogen (secondary N) is 1. The topological polar surface area (TPSA) is 73.9 Å². The Kier molecular flexibility index (Phi) is 4.14. The number of rotatable bonds is 4. The van der Waals surface area contributed by atoms with Crippen LogP contribution in [0.25, 0.3) is 0 Å². The average molecular weight is 313 g/mol. The van der Waals surface area contributed by atoms with E-state index in [1.165, 1.54) is 6.92 Å². The van der Waals surface area contributed by atoms with Gasteiger partial charge in [0.1, 0.15) is 5.75 Å². The molecule has 3 rings (SSSR count). The van der Waals surface area contributed by atoms with Crippen molar-refractivity contribution < 1.29 is 23.8 Å². The fourth-order valence-electron chi connectivity index (χ4n) is 2.23. The molecule has 0 bridgehead atoms. The standard InChI is InChI=1S/C17H15NO5/c1-11(19)23-14-5-3-2-4-13(14)17(20)18-9-12-6-7-15-16(8-12)22-10-21-15/h2-8H,9-10H2,1H3,(H,18,20). The van der Waals surface area contributed by atoms with Crippen molar-refractivity contribution in [2.45, 2.75) is 13.5 Å². The van der Waals surface area contributed by atoms with Gasteiger partial charge in [0.25, 0.3) is 5.91 Å². The minimum Gasteiger partial charge on any atom is -0.454 e. The summed E-state index contributed by atoms with van der Waals surface area (Å²) in [6, 6.07) is 12.1. The predicted octanol–water partition coefficient (Wildman–Crippen LogP) is 2.27. The summed E-state index contributed by atoms with van der Waals surface area (Å²) in [4.78, 5) is 23.4. The normalized spacial score (nSPS) is 11.9. The first kappa shape index (κ1) is 14.9. The SMILES string of the molecule is CC(=O)Oc1ccccc1C(=O)NCc1ccc2c(c1)OCO2. The highest BCUT2D eigenvalue weighted by Gasteiger charge is 2.15. The van der Waals surface area contributed by atoms with Gasteiger partial charge in [0.15, 0.2) is 11.5 Å². The van der Waals surface area contributed by atoms with Crippen LogP contribution in [0.15, 0.2) is 42.5 Å². The number of ether oxygens (including phenoxy) is 3. The van der Waals surface area contributed by atoms with E-state index in [9.17, 15) is 9.59 Å². The lowest BCUT2D eigenvalue weighted by atomic mass is 10.1. The fraction of sp³-hybridized carbons (Fsp3) is 0.176. The zero-order valence-electron chi connectivity index (χ0n) is 12.5. The Hall–Kier alpha value is -3.02. The van der Waals surface area contributed by atoms with Gasteiger partial charge in [-0.15, -0.1) is 0 Å². The zero-order valence-corrected chi connectivity index (χ0v) is 12.5. The maximum atomic E-state index is 12.3. The van der Waals surface area contributed by atoms with E-state index in [2.05, 4.69) is 5.32 Å². The van der Waals surface area contributed by atoms with Crippen LogP contribution in [0.2, 0.25) is 0 Å². The molecule has 1 N–H and O–H groups in total. The van der Waals surface area contributed by atoms with Gasteiger partial charge in [0.2, 0.25) is 6.79 Å². The number of esters is 1. The molecule has 6 heteroatoms. The van der Waals surface area contributed by atoms with Crippen LogP contribution in [0, 0.1) is 0 Å². The van der Waals surface area contributed by atoms with Crippen molar-refractivity contribution in [1.29, 1.82) is 0 Å². The molecule has 1 heterocycles. The molecular weight excluding hydrogens is 298 g/mol. The van der Waals surface area contributed by atoms with Crippen LogP contribution in [0.4, 0.5) is 0 Å². The number of para-hydroxylation sites is 1. The number of fused-ring (bicyclic) bond motifs is 1. The maximum absolute atomic E-state index is 12.3. The second-order valence-electron chi connectivity index (χ2n) is 4.96. The molecule has 1 amide bonds. The summed E-state index contributed by atoms with van der Waals surface area (Å²) in [5.74, 6) is 0.807. The molecule has 0 spiro atoms. The summed E-state index contributed by atoms with van der Waals surface area (Å²) >= 11 is 0. The van der Waals surface area contributed by atoms with E-state index in [0.29, 0.717) is 23.6 Å². The summed E-state index contributed by atoms with van der Waals surface area (Å²) in [6.45, 7) is 1.83. The van der Waals surface area contributed by atoms with Crippen molar-refractivity contribution in [3.63, 3.8) is 0 Å². The van der Waals surface area contributed by atoms with Crippen LogP contribution in [-0.4, -0.2) is 18.7 Å². The highest BCUT2D eigenvalue weighted by atomic mass is 16.7. The van der Waals surface area contributed by atoms with E-state index >= 15 is 0 Å². The molecule has 0 radical (unpaired) electrons. The van der Waals surface area contributed by atoms with Crippen molar-refractivity contribution in [2.75, 3.05) is 6.79 Å². The first-order valence-corrected chi connectivity index (χ1v) is 7.07. The molecule has 1 aliphatic rings. The van der Waals surface area contributed by atoms with E-state index < -0.39 is 5.97 Å². The molecule has 118 valence electrons. The number of benzene rings is 2. The number of hydrogen-bond donors (Lipinski definition) is 1. The molecule has 23 heavy (non-hydrogen) atoms. The first-order valence-electron chi connectivity index (χ1n) is 7.07. The van der Waals surface area contributed by atoms with Crippen LogP contribution >= 0.6 is 0 Å². The number of carbonyl (C=O) groups excluding carboxylic acids is 2. The van der Waals surface area contributed by atoms with Gasteiger partial charge < -0.3 is 19.5 Å². The van der Waals surface area contributed by atoms with Gasteiger partial charge >= 0.3 is 5.97 Å². The van der Waals surface area contributed by atoms with Crippen molar-refractivity contribution in [1.82, 2.24) is 5.32 Å². The summed E-state index contributed by atoms with van der Waals surface area (Å²) < 4.78 is 15.6. The summed E-state index contributed by atoms with van der Waals surface area (Å²) in [5, 5.41) is 2.79. The molecule has 6 nitrogen and oxygen atoms in total. The van der Waals surface area contributed by atoms with E-state index in [4.69, 9.17) is 14.2 Å². The monoisotopic (exact) mass is 313 g/mol. The third kappa shape index (κ3) is 3.42. The molecule has 0 saturated carbocycles.